The number of hydrogen-bond donors (Lipinski definition) is 1. The van der Waals surface area contributed by atoms with E-state index in [2.05, 4.69) is 20.6 Å². The Labute approximate surface area is 127 Å². The largest absolute Gasteiger partial charge is 0.465 e. The van der Waals surface area contributed by atoms with Crippen molar-refractivity contribution in [3.63, 3.8) is 0 Å². The van der Waals surface area contributed by atoms with Gasteiger partial charge in [-0.15, -0.1) is 16.4 Å². The molecule has 2 heterocycles. The third kappa shape index (κ3) is 3.78. The minimum Gasteiger partial charge on any atom is -0.465 e. The molecule has 8 heteroatoms. The molecule has 1 N–H and O–H groups in total. The van der Waals surface area contributed by atoms with E-state index in [4.69, 9.17) is 4.74 Å². The first-order valence-corrected chi connectivity index (χ1v) is 7.63. The number of carbonyl (C=O) groups is 1. The van der Waals surface area contributed by atoms with Gasteiger partial charge in [0, 0.05) is 18.1 Å². The average molecular weight is 309 g/mol. The van der Waals surface area contributed by atoms with Crippen molar-refractivity contribution >= 4 is 22.4 Å². The number of carbonyl (C=O) groups excluding carboxylic acids is 1. The first-order valence-electron chi connectivity index (χ1n) is 6.75. The van der Waals surface area contributed by atoms with Crippen molar-refractivity contribution in [1.29, 1.82) is 0 Å². The maximum absolute atomic E-state index is 11.9. The Morgan fingerprint density at radius 3 is 3.00 bits per heavy atom. The second kappa shape index (κ2) is 6.66. The zero-order valence-corrected chi connectivity index (χ0v) is 13.2. The number of thiazole rings is 1. The highest BCUT2D eigenvalue weighted by Crippen LogP contribution is 2.28. The van der Waals surface area contributed by atoms with Crippen molar-refractivity contribution < 1.29 is 9.53 Å². The van der Waals surface area contributed by atoms with Crippen LogP contribution in [0.1, 0.15) is 26.5 Å². The zero-order chi connectivity index (χ0) is 15.3. The van der Waals surface area contributed by atoms with E-state index >= 15 is 0 Å². The summed E-state index contributed by atoms with van der Waals surface area (Å²) in [6.07, 6.45) is 3.45. The molecular weight excluding hydrogens is 290 g/mol. The second-order valence-corrected chi connectivity index (χ2v) is 5.83. The molecule has 0 spiro atoms. The molecule has 0 unspecified atom stereocenters. The van der Waals surface area contributed by atoms with Crippen LogP contribution in [0.15, 0.2) is 17.8 Å². The van der Waals surface area contributed by atoms with Gasteiger partial charge in [0.25, 0.3) is 0 Å². The number of esters is 1. The van der Waals surface area contributed by atoms with Crippen LogP contribution in [0.2, 0.25) is 0 Å². The molecule has 0 aromatic carbocycles. The first kappa shape index (κ1) is 15.4. The number of nitrogens with zero attached hydrogens (tertiary/aromatic N) is 4. The van der Waals surface area contributed by atoms with Crippen molar-refractivity contribution in [2.45, 2.75) is 32.7 Å². The molecule has 0 aliphatic carbocycles. The van der Waals surface area contributed by atoms with Crippen LogP contribution in [0.5, 0.6) is 0 Å². The maximum atomic E-state index is 11.9. The standard InChI is InChI=1S/C13H19N5O2S/c1-4-20-11(19)13(2,3)10-9-21-12(16-10)14-5-7-18-8-6-15-17-18/h6,8-9H,4-5,7H2,1-3H3,(H,14,16). The lowest BCUT2D eigenvalue weighted by molar-refractivity contribution is -0.148. The fraction of sp³-hybridized carbons (Fsp3) is 0.538. The summed E-state index contributed by atoms with van der Waals surface area (Å²) in [7, 11) is 0. The van der Waals surface area contributed by atoms with Gasteiger partial charge in [-0.05, 0) is 20.8 Å². The van der Waals surface area contributed by atoms with Gasteiger partial charge in [0.1, 0.15) is 5.41 Å². The molecule has 0 saturated heterocycles. The number of aromatic nitrogens is 4. The second-order valence-electron chi connectivity index (χ2n) is 4.98. The Kier molecular flexibility index (Phi) is 4.89. The van der Waals surface area contributed by atoms with Crippen molar-refractivity contribution in [3.8, 4) is 0 Å². The molecule has 2 aromatic rings. The van der Waals surface area contributed by atoms with Crippen molar-refractivity contribution in [3.05, 3.63) is 23.5 Å². The zero-order valence-electron chi connectivity index (χ0n) is 12.4. The summed E-state index contributed by atoms with van der Waals surface area (Å²) in [5, 5.41) is 13.5. The molecule has 0 bridgehead atoms. The van der Waals surface area contributed by atoms with Crippen LogP contribution in [-0.2, 0) is 21.5 Å². The topological polar surface area (TPSA) is 81.9 Å². The summed E-state index contributed by atoms with van der Waals surface area (Å²) in [5.41, 5.74) is -0.0209. The highest BCUT2D eigenvalue weighted by Gasteiger charge is 2.33. The fourth-order valence-electron chi connectivity index (χ4n) is 1.69. The quantitative estimate of drug-likeness (QED) is 0.784. The van der Waals surface area contributed by atoms with Gasteiger partial charge in [-0.2, -0.15) is 0 Å². The van der Waals surface area contributed by atoms with Crippen LogP contribution in [-0.4, -0.2) is 39.1 Å². The summed E-state index contributed by atoms with van der Waals surface area (Å²) in [5.74, 6) is -0.260. The minimum atomic E-state index is -0.738. The molecule has 2 rings (SSSR count). The fourth-order valence-corrected chi connectivity index (χ4v) is 2.59. The number of nitrogens with one attached hydrogen (secondary N) is 1. The Balaban J connectivity index is 1.92. The summed E-state index contributed by atoms with van der Waals surface area (Å²) >= 11 is 1.47. The van der Waals surface area contributed by atoms with Crippen LogP contribution in [0.25, 0.3) is 0 Å². The van der Waals surface area contributed by atoms with E-state index in [1.807, 2.05) is 19.2 Å². The van der Waals surface area contributed by atoms with Gasteiger partial charge in [0.05, 0.1) is 25.0 Å². The number of rotatable bonds is 7. The smallest absolute Gasteiger partial charge is 0.317 e. The van der Waals surface area contributed by atoms with Gasteiger partial charge >= 0.3 is 5.97 Å². The van der Waals surface area contributed by atoms with Gasteiger partial charge < -0.3 is 10.1 Å². The first-order chi connectivity index (χ1) is 10.0. The van der Waals surface area contributed by atoms with Gasteiger partial charge in [-0.3, -0.25) is 9.48 Å². The van der Waals surface area contributed by atoms with E-state index in [0.717, 1.165) is 5.13 Å². The van der Waals surface area contributed by atoms with Crippen LogP contribution in [0, 0.1) is 0 Å². The lowest BCUT2D eigenvalue weighted by atomic mass is 9.90. The molecule has 0 atom stereocenters. The van der Waals surface area contributed by atoms with Gasteiger partial charge in [-0.1, -0.05) is 5.21 Å². The van der Waals surface area contributed by atoms with Crippen LogP contribution >= 0.6 is 11.3 Å². The monoisotopic (exact) mass is 309 g/mol. The molecule has 0 fully saturated rings. The van der Waals surface area contributed by atoms with Crippen molar-refractivity contribution in [1.82, 2.24) is 20.0 Å². The maximum Gasteiger partial charge on any atom is 0.317 e. The molecule has 7 nitrogen and oxygen atoms in total. The van der Waals surface area contributed by atoms with E-state index < -0.39 is 5.41 Å². The molecule has 0 aliphatic rings. The molecular formula is C13H19N5O2S. The third-order valence-electron chi connectivity index (χ3n) is 3.02. The average Bonchev–Trinajstić information content (AvgIpc) is 3.10. The van der Waals surface area contributed by atoms with E-state index in [9.17, 15) is 4.79 Å². The Morgan fingerprint density at radius 1 is 1.52 bits per heavy atom. The van der Waals surface area contributed by atoms with Crippen LogP contribution in [0.4, 0.5) is 5.13 Å². The molecule has 2 aromatic heterocycles. The number of hydrogen-bond acceptors (Lipinski definition) is 7. The van der Waals surface area contributed by atoms with Gasteiger partial charge in [0.15, 0.2) is 5.13 Å². The van der Waals surface area contributed by atoms with E-state index in [-0.39, 0.29) is 5.97 Å². The summed E-state index contributed by atoms with van der Waals surface area (Å²) < 4.78 is 6.83. The number of anilines is 1. The van der Waals surface area contributed by atoms with E-state index in [1.54, 1.807) is 24.0 Å². The lowest BCUT2D eigenvalue weighted by Crippen LogP contribution is -2.31. The van der Waals surface area contributed by atoms with E-state index in [1.165, 1.54) is 11.3 Å². The predicted molar refractivity (Wildman–Crippen MR) is 80.3 cm³/mol. The summed E-state index contributed by atoms with van der Waals surface area (Å²) in [4.78, 5) is 16.4. The SMILES string of the molecule is CCOC(=O)C(C)(C)c1csc(NCCn2ccnn2)n1. The predicted octanol–water partition coefficient (Wildman–Crippen LogP) is 1.69. The van der Waals surface area contributed by atoms with Gasteiger partial charge in [0.2, 0.25) is 0 Å². The van der Waals surface area contributed by atoms with Gasteiger partial charge in [-0.25, -0.2) is 4.98 Å². The summed E-state index contributed by atoms with van der Waals surface area (Å²) in [6.45, 7) is 7.20. The van der Waals surface area contributed by atoms with Crippen molar-refractivity contribution in [2.24, 2.45) is 0 Å². The Hall–Kier alpha value is -1.96. The van der Waals surface area contributed by atoms with Crippen LogP contribution < -0.4 is 5.32 Å². The van der Waals surface area contributed by atoms with E-state index in [0.29, 0.717) is 25.4 Å². The normalized spacial score (nSPS) is 11.4. The highest BCUT2D eigenvalue weighted by atomic mass is 32.1. The Morgan fingerprint density at radius 2 is 2.33 bits per heavy atom. The molecule has 0 radical (unpaired) electrons. The number of ether oxygens (including phenoxy) is 1. The molecule has 114 valence electrons. The molecule has 0 saturated carbocycles. The summed E-state index contributed by atoms with van der Waals surface area (Å²) in [6, 6.07) is 0. The minimum absolute atomic E-state index is 0.260. The third-order valence-corrected chi connectivity index (χ3v) is 3.82. The lowest BCUT2D eigenvalue weighted by Gasteiger charge is -2.19. The Bertz CT molecular complexity index is 579. The highest BCUT2D eigenvalue weighted by molar-refractivity contribution is 7.13. The van der Waals surface area contributed by atoms with Crippen molar-refractivity contribution in [2.75, 3.05) is 18.5 Å². The molecule has 0 amide bonds. The molecule has 0 aliphatic heterocycles. The molecule has 21 heavy (non-hydrogen) atoms. The van der Waals surface area contributed by atoms with Crippen LogP contribution in [0.3, 0.4) is 0 Å².